The highest BCUT2D eigenvalue weighted by Gasteiger charge is 2.18. The summed E-state index contributed by atoms with van der Waals surface area (Å²) < 4.78 is 11.0. The van der Waals surface area contributed by atoms with Gasteiger partial charge in [-0.15, -0.1) is 0 Å². The number of anilines is 1. The molecule has 0 aromatic carbocycles. The third-order valence-electron chi connectivity index (χ3n) is 3.95. The van der Waals surface area contributed by atoms with Crippen LogP contribution in [-0.4, -0.2) is 33.1 Å². The van der Waals surface area contributed by atoms with Gasteiger partial charge in [-0.2, -0.15) is 5.10 Å². The molecule has 0 amide bonds. The van der Waals surface area contributed by atoms with Gasteiger partial charge in [-0.3, -0.25) is 25.7 Å². The normalized spacial score (nSPS) is 15.8. The van der Waals surface area contributed by atoms with Crippen molar-refractivity contribution in [3.05, 3.63) is 80.6 Å². The van der Waals surface area contributed by atoms with Gasteiger partial charge in [-0.05, 0) is 24.6 Å². The van der Waals surface area contributed by atoms with E-state index in [9.17, 15) is 20.2 Å². The van der Waals surface area contributed by atoms with Gasteiger partial charge in [0.15, 0.2) is 11.5 Å². The van der Waals surface area contributed by atoms with Crippen molar-refractivity contribution in [3.63, 3.8) is 0 Å². The average molecular weight is 412 g/mol. The molecule has 154 valence electrons. The van der Waals surface area contributed by atoms with Gasteiger partial charge in [-0.1, -0.05) is 0 Å². The molecule has 0 spiro atoms. The summed E-state index contributed by atoms with van der Waals surface area (Å²) in [5.74, 6) is 1.38. The molecule has 1 N–H and O–H groups in total. The summed E-state index contributed by atoms with van der Waals surface area (Å²) in [7, 11) is 1.49. The van der Waals surface area contributed by atoms with E-state index in [1.54, 1.807) is 18.4 Å². The number of rotatable bonds is 8. The second kappa shape index (κ2) is 9.23. The first-order valence-corrected chi connectivity index (χ1v) is 8.60. The number of hydrogen-bond donors (Lipinski definition) is 1. The van der Waals surface area contributed by atoms with Crippen LogP contribution >= 0.6 is 0 Å². The Morgan fingerprint density at radius 2 is 1.80 bits per heavy atom. The number of hydrazone groups is 1. The lowest BCUT2D eigenvalue weighted by atomic mass is 10.0. The van der Waals surface area contributed by atoms with Gasteiger partial charge in [0.25, 0.3) is 11.4 Å². The van der Waals surface area contributed by atoms with E-state index in [2.05, 4.69) is 20.5 Å². The molecular weight excluding hydrogens is 396 g/mol. The highest BCUT2D eigenvalue weighted by Crippen LogP contribution is 2.26. The number of aromatic nitrogens is 2. The molecule has 3 rings (SSSR count). The van der Waals surface area contributed by atoms with Gasteiger partial charge >= 0.3 is 0 Å². The maximum atomic E-state index is 10.7. The van der Waals surface area contributed by atoms with Crippen LogP contribution in [0, 0.1) is 26.1 Å². The molecule has 1 aliphatic carbocycles. The molecule has 1 unspecified atom stereocenters. The Morgan fingerprint density at radius 1 is 1.10 bits per heavy atom. The van der Waals surface area contributed by atoms with Crippen molar-refractivity contribution in [2.24, 2.45) is 11.0 Å². The monoisotopic (exact) mass is 412 g/mol. The van der Waals surface area contributed by atoms with Gasteiger partial charge in [0.2, 0.25) is 5.88 Å². The highest BCUT2D eigenvalue weighted by atomic mass is 16.6. The van der Waals surface area contributed by atoms with E-state index < -0.39 is 9.85 Å². The molecule has 30 heavy (non-hydrogen) atoms. The summed E-state index contributed by atoms with van der Waals surface area (Å²) in [6.45, 7) is 0. The van der Waals surface area contributed by atoms with Crippen molar-refractivity contribution in [3.8, 4) is 5.88 Å². The predicted molar refractivity (Wildman–Crippen MR) is 106 cm³/mol. The topological polar surface area (TPSA) is 155 Å². The number of nitrogens with one attached hydrogen (secondary N) is 1. The SMILES string of the molecule is COC1=CC(/C=N/Nc2ccc([N+](=O)[O-])cn2)CC=C1Oc1ccc([N+](=O)[O-])cn1. The fourth-order valence-electron chi connectivity index (χ4n) is 2.47. The molecule has 12 heteroatoms. The second-order valence-electron chi connectivity index (χ2n) is 5.97. The molecule has 1 atom stereocenters. The predicted octanol–water partition coefficient (Wildman–Crippen LogP) is 3.20. The fraction of sp³-hybridized carbons (Fsp3) is 0.167. The number of ether oxygens (including phenoxy) is 2. The minimum atomic E-state index is -0.540. The quantitative estimate of drug-likeness (QED) is 0.391. The van der Waals surface area contributed by atoms with Crippen LogP contribution in [0.4, 0.5) is 17.2 Å². The van der Waals surface area contributed by atoms with E-state index in [0.29, 0.717) is 23.8 Å². The van der Waals surface area contributed by atoms with Gasteiger partial charge in [0, 0.05) is 30.3 Å². The van der Waals surface area contributed by atoms with Crippen molar-refractivity contribution >= 4 is 23.4 Å². The zero-order valence-electron chi connectivity index (χ0n) is 15.7. The van der Waals surface area contributed by atoms with Crippen molar-refractivity contribution in [1.29, 1.82) is 0 Å². The minimum absolute atomic E-state index is 0.0948. The van der Waals surface area contributed by atoms with E-state index in [1.807, 2.05) is 0 Å². The number of pyridine rings is 2. The maximum Gasteiger partial charge on any atom is 0.287 e. The zero-order chi connectivity index (χ0) is 21.5. The third-order valence-corrected chi connectivity index (χ3v) is 3.95. The fourth-order valence-corrected chi connectivity index (χ4v) is 2.47. The molecule has 2 aromatic heterocycles. The Morgan fingerprint density at radius 3 is 2.37 bits per heavy atom. The maximum absolute atomic E-state index is 10.7. The van der Waals surface area contributed by atoms with E-state index in [0.717, 1.165) is 12.4 Å². The molecule has 0 radical (unpaired) electrons. The smallest absolute Gasteiger partial charge is 0.287 e. The Balaban J connectivity index is 1.60. The molecule has 2 aromatic rings. The first-order chi connectivity index (χ1) is 14.5. The van der Waals surface area contributed by atoms with Crippen LogP contribution in [-0.2, 0) is 4.74 Å². The summed E-state index contributed by atoms with van der Waals surface area (Å²) in [5, 5.41) is 25.4. The molecule has 0 fully saturated rings. The van der Waals surface area contributed by atoms with Gasteiger partial charge in [0.1, 0.15) is 18.2 Å². The summed E-state index contributed by atoms with van der Waals surface area (Å²) in [6.07, 6.45) is 8.05. The van der Waals surface area contributed by atoms with Crippen molar-refractivity contribution in [2.45, 2.75) is 6.42 Å². The molecule has 2 heterocycles. The lowest BCUT2D eigenvalue weighted by Crippen LogP contribution is -2.12. The Bertz CT molecular complexity index is 1020. The largest absolute Gasteiger partial charge is 0.493 e. The zero-order valence-corrected chi connectivity index (χ0v) is 15.7. The molecule has 12 nitrogen and oxygen atoms in total. The van der Waals surface area contributed by atoms with Crippen molar-refractivity contribution in [1.82, 2.24) is 9.97 Å². The molecule has 0 saturated carbocycles. The van der Waals surface area contributed by atoms with Crippen LogP contribution in [0.3, 0.4) is 0 Å². The molecule has 1 aliphatic rings. The van der Waals surface area contributed by atoms with Crippen LogP contribution in [0.25, 0.3) is 0 Å². The van der Waals surface area contributed by atoms with Gasteiger partial charge in [0.05, 0.1) is 17.0 Å². The first-order valence-electron chi connectivity index (χ1n) is 8.60. The lowest BCUT2D eigenvalue weighted by Gasteiger charge is -2.18. The van der Waals surface area contributed by atoms with Crippen LogP contribution in [0.1, 0.15) is 6.42 Å². The number of nitro groups is 2. The lowest BCUT2D eigenvalue weighted by molar-refractivity contribution is -0.385. The summed E-state index contributed by atoms with van der Waals surface area (Å²) in [5.41, 5.74) is 2.47. The average Bonchev–Trinajstić information content (AvgIpc) is 2.75. The third kappa shape index (κ3) is 5.13. The first kappa shape index (κ1) is 20.4. The molecule has 0 bridgehead atoms. The van der Waals surface area contributed by atoms with Crippen LogP contribution in [0.2, 0.25) is 0 Å². The van der Waals surface area contributed by atoms with Gasteiger partial charge < -0.3 is 9.47 Å². The Hall–Kier alpha value is -4.35. The number of nitrogens with zero attached hydrogens (tertiary/aromatic N) is 5. The van der Waals surface area contributed by atoms with Crippen molar-refractivity contribution in [2.75, 3.05) is 12.5 Å². The number of hydrogen-bond acceptors (Lipinski definition) is 10. The van der Waals surface area contributed by atoms with E-state index >= 15 is 0 Å². The van der Waals surface area contributed by atoms with Gasteiger partial charge in [-0.25, -0.2) is 9.97 Å². The second-order valence-corrected chi connectivity index (χ2v) is 5.97. The Labute approximate surface area is 169 Å². The summed E-state index contributed by atoms with van der Waals surface area (Å²) in [4.78, 5) is 28.1. The number of allylic oxidation sites excluding steroid dienone is 2. The standard InChI is InChI=1S/C18H16N6O6/c1-29-16-8-12(9-21-22-17-6-3-13(10-19-17)23(25)26)2-5-15(16)30-18-7-4-14(11-20-18)24(27)28/h3-12H,2H2,1H3,(H,19,22)/b21-9+. The number of methoxy groups -OCH3 is 1. The Kier molecular flexibility index (Phi) is 6.27. The highest BCUT2D eigenvalue weighted by molar-refractivity contribution is 5.66. The van der Waals surface area contributed by atoms with Crippen molar-refractivity contribution < 1.29 is 19.3 Å². The van der Waals surface area contributed by atoms with Crippen LogP contribution in [0.15, 0.2) is 65.4 Å². The molecule has 0 aliphatic heterocycles. The van der Waals surface area contributed by atoms with E-state index in [-0.39, 0.29) is 23.2 Å². The van der Waals surface area contributed by atoms with Crippen LogP contribution < -0.4 is 10.2 Å². The minimum Gasteiger partial charge on any atom is -0.493 e. The molecule has 0 saturated heterocycles. The van der Waals surface area contributed by atoms with E-state index in [1.165, 1.54) is 31.4 Å². The van der Waals surface area contributed by atoms with Crippen LogP contribution in [0.5, 0.6) is 5.88 Å². The summed E-state index contributed by atoms with van der Waals surface area (Å²) >= 11 is 0. The molecular formula is C18H16N6O6. The van der Waals surface area contributed by atoms with E-state index in [4.69, 9.17) is 9.47 Å². The summed E-state index contributed by atoms with van der Waals surface area (Å²) in [6, 6.07) is 5.49.